The average molecular weight is 549 g/mol. The van der Waals surface area contributed by atoms with Crippen LogP contribution in [0.5, 0.6) is 0 Å². The summed E-state index contributed by atoms with van der Waals surface area (Å²) in [5.41, 5.74) is -0.714. The van der Waals surface area contributed by atoms with Gasteiger partial charge in [0.1, 0.15) is 23.7 Å². The minimum atomic E-state index is -1.09. The third-order valence-corrected chi connectivity index (χ3v) is 6.31. The molecule has 1 heterocycles. The van der Waals surface area contributed by atoms with Crippen LogP contribution < -0.4 is 16.0 Å². The molecule has 4 amide bonds. The first kappa shape index (κ1) is 33.9. The van der Waals surface area contributed by atoms with Gasteiger partial charge in [0.05, 0.1) is 0 Å². The van der Waals surface area contributed by atoms with Crippen LogP contribution in [0, 0.1) is 5.92 Å². The Bertz CT molecular complexity index is 875. The number of rotatable bonds is 11. The number of ether oxygens (including phenoxy) is 1. The molecule has 1 aliphatic carbocycles. The molecule has 0 bridgehead atoms. The van der Waals surface area contributed by atoms with Crippen LogP contribution in [0.25, 0.3) is 0 Å². The highest BCUT2D eigenvalue weighted by Crippen LogP contribution is 2.30. The quantitative estimate of drug-likeness (QED) is 0.268. The Balaban J connectivity index is 0.00000242. The minimum absolute atomic E-state index is 0.0435. The molecule has 39 heavy (non-hydrogen) atoms. The van der Waals surface area contributed by atoms with E-state index in [0.29, 0.717) is 19.4 Å². The monoisotopic (exact) mass is 548 g/mol. The lowest BCUT2D eigenvalue weighted by atomic mass is 9.96. The van der Waals surface area contributed by atoms with Gasteiger partial charge in [0.15, 0.2) is 0 Å². The zero-order valence-corrected chi connectivity index (χ0v) is 24.3. The number of carbonyl (C=O) groups excluding carboxylic acids is 5. The first-order valence-corrected chi connectivity index (χ1v) is 14.0. The fraction of sp³-hybridized carbons (Fsp3) is 0.690. The smallest absolute Gasteiger partial charge is 0.408 e. The van der Waals surface area contributed by atoms with Crippen molar-refractivity contribution in [3.8, 4) is 0 Å². The predicted molar refractivity (Wildman–Crippen MR) is 151 cm³/mol. The second-order valence-corrected chi connectivity index (χ2v) is 11.0. The van der Waals surface area contributed by atoms with Crippen LogP contribution in [0.15, 0.2) is 25.3 Å². The van der Waals surface area contributed by atoms with Crippen molar-refractivity contribution in [2.24, 2.45) is 5.92 Å². The van der Waals surface area contributed by atoms with Gasteiger partial charge in [0.25, 0.3) is 5.91 Å². The number of hydrogen-bond donors (Lipinski definition) is 3. The van der Waals surface area contributed by atoms with Gasteiger partial charge in [-0.25, -0.2) is 4.79 Å². The number of carbonyl (C=O) groups is 5. The molecule has 1 aliphatic heterocycles. The molecule has 1 unspecified atom stereocenters. The summed E-state index contributed by atoms with van der Waals surface area (Å²) < 4.78 is 5.38. The van der Waals surface area contributed by atoms with Crippen molar-refractivity contribution in [1.82, 2.24) is 20.9 Å². The maximum atomic E-state index is 13.6. The molecule has 1 saturated carbocycles. The van der Waals surface area contributed by atoms with Crippen LogP contribution >= 0.6 is 0 Å². The molecule has 2 fully saturated rings. The molecule has 10 nitrogen and oxygen atoms in total. The van der Waals surface area contributed by atoms with Crippen molar-refractivity contribution in [3.05, 3.63) is 25.3 Å². The zero-order chi connectivity index (χ0) is 29.6. The minimum Gasteiger partial charge on any atom is -0.444 e. The second-order valence-electron chi connectivity index (χ2n) is 11.0. The summed E-state index contributed by atoms with van der Waals surface area (Å²) in [5, 5.41) is 7.80. The zero-order valence-electron chi connectivity index (χ0n) is 24.3. The van der Waals surface area contributed by atoms with Crippen LogP contribution in [0.3, 0.4) is 0 Å². The van der Waals surface area contributed by atoms with Crippen LogP contribution in [0.1, 0.15) is 86.0 Å². The lowest BCUT2D eigenvalue weighted by Gasteiger charge is -2.32. The van der Waals surface area contributed by atoms with Crippen molar-refractivity contribution in [1.29, 1.82) is 0 Å². The summed E-state index contributed by atoms with van der Waals surface area (Å²) in [7, 11) is 0. The number of Topliss-reactive ketones (excluding diaryl/α,β-unsaturated/α-hetero) is 1. The molecule has 3 atom stereocenters. The van der Waals surface area contributed by atoms with E-state index >= 15 is 0 Å². The second kappa shape index (κ2) is 16.7. The number of ketones is 1. The van der Waals surface area contributed by atoms with Gasteiger partial charge in [-0.2, -0.15) is 0 Å². The Kier molecular flexibility index (Phi) is 14.5. The molecule has 10 heteroatoms. The van der Waals surface area contributed by atoms with Crippen molar-refractivity contribution >= 4 is 29.6 Å². The molecular weight excluding hydrogens is 500 g/mol. The SMILES string of the molecule is C=CCNC(=O)C(=O)C(CC=C)NC(=O)[C@@H]1CCCN1C(=O)[C@@H](NC(=O)OC(C)(C)C)C1CCCC1.CCC. The van der Waals surface area contributed by atoms with E-state index in [-0.39, 0.29) is 24.8 Å². The van der Waals surface area contributed by atoms with Gasteiger partial charge < -0.3 is 25.6 Å². The summed E-state index contributed by atoms with van der Waals surface area (Å²) in [6, 6.07) is -2.70. The van der Waals surface area contributed by atoms with Crippen molar-refractivity contribution in [3.63, 3.8) is 0 Å². The standard InChI is InChI=1S/C26H40N4O6.C3H8/c1-6-11-18(21(31)23(33)27-15-7-2)28-22(32)19-14-10-16-30(19)24(34)20(17-12-8-9-13-17)29-25(35)36-26(3,4)5;1-3-2/h6-7,17-20H,1-2,8-16H2,3-5H3,(H,27,33)(H,28,32)(H,29,35);3H2,1-2H3/t18?,19-,20-;/m0./s1. The highest BCUT2D eigenvalue weighted by Gasteiger charge is 2.42. The number of nitrogens with one attached hydrogen (secondary N) is 3. The average Bonchev–Trinajstić information content (AvgIpc) is 3.56. The highest BCUT2D eigenvalue weighted by atomic mass is 16.6. The van der Waals surface area contributed by atoms with E-state index in [1.165, 1.54) is 23.5 Å². The first-order valence-electron chi connectivity index (χ1n) is 14.0. The molecule has 2 aliphatic rings. The van der Waals surface area contributed by atoms with Crippen molar-refractivity contribution in [2.45, 2.75) is 110 Å². The Morgan fingerprint density at radius 3 is 2.13 bits per heavy atom. The molecule has 2 rings (SSSR count). The van der Waals surface area contributed by atoms with Crippen molar-refractivity contribution < 1.29 is 28.7 Å². The van der Waals surface area contributed by atoms with Gasteiger partial charge in [0.2, 0.25) is 17.6 Å². The Labute approximate surface area is 233 Å². The van der Waals surface area contributed by atoms with E-state index in [0.717, 1.165) is 25.7 Å². The van der Waals surface area contributed by atoms with Crippen LogP contribution in [-0.2, 0) is 23.9 Å². The molecule has 0 radical (unpaired) electrons. The molecule has 0 aromatic rings. The van der Waals surface area contributed by atoms with Gasteiger partial charge >= 0.3 is 6.09 Å². The van der Waals surface area contributed by atoms with Crippen molar-refractivity contribution in [2.75, 3.05) is 13.1 Å². The van der Waals surface area contributed by atoms with E-state index in [2.05, 4.69) is 43.0 Å². The number of likely N-dealkylation sites (tertiary alicyclic amines) is 1. The summed E-state index contributed by atoms with van der Waals surface area (Å²) in [4.78, 5) is 65.5. The topological polar surface area (TPSA) is 134 Å². The molecule has 0 spiro atoms. The van der Waals surface area contributed by atoms with E-state index in [1.807, 2.05) is 0 Å². The lowest BCUT2D eigenvalue weighted by molar-refractivity contribution is -0.143. The van der Waals surface area contributed by atoms with Gasteiger partial charge in [0, 0.05) is 13.1 Å². The summed E-state index contributed by atoms with van der Waals surface area (Å²) in [6.07, 6.45) is 8.09. The maximum Gasteiger partial charge on any atom is 0.408 e. The van der Waals surface area contributed by atoms with Crippen LogP contribution in [0.2, 0.25) is 0 Å². The van der Waals surface area contributed by atoms with E-state index in [9.17, 15) is 24.0 Å². The van der Waals surface area contributed by atoms with Gasteiger partial charge in [-0.05, 0) is 58.8 Å². The number of nitrogens with zero attached hydrogens (tertiary/aromatic N) is 1. The molecule has 0 aromatic heterocycles. The van der Waals surface area contributed by atoms with E-state index < -0.39 is 47.4 Å². The van der Waals surface area contributed by atoms with Gasteiger partial charge in [-0.1, -0.05) is 45.3 Å². The number of amides is 4. The van der Waals surface area contributed by atoms with Crippen LogP contribution in [-0.4, -0.2) is 71.3 Å². The van der Waals surface area contributed by atoms with Gasteiger partial charge in [-0.3, -0.25) is 19.2 Å². The lowest BCUT2D eigenvalue weighted by Crippen LogP contribution is -2.57. The molecule has 1 saturated heterocycles. The Hall–Kier alpha value is -3.17. The number of alkyl carbamates (subject to hydrolysis) is 1. The first-order chi connectivity index (χ1) is 18.4. The third-order valence-electron chi connectivity index (χ3n) is 6.31. The largest absolute Gasteiger partial charge is 0.444 e. The summed E-state index contributed by atoms with van der Waals surface area (Å²) in [6.45, 7) is 17.1. The predicted octanol–water partition coefficient (Wildman–Crippen LogP) is 3.41. The Morgan fingerprint density at radius 1 is 0.974 bits per heavy atom. The fourth-order valence-electron chi connectivity index (χ4n) is 4.66. The van der Waals surface area contributed by atoms with E-state index in [4.69, 9.17) is 4.74 Å². The molecule has 220 valence electrons. The fourth-order valence-corrected chi connectivity index (χ4v) is 4.66. The summed E-state index contributed by atoms with van der Waals surface area (Å²) in [5.74, 6) is -2.51. The molecule has 3 N–H and O–H groups in total. The third kappa shape index (κ3) is 11.2. The number of hydrogen-bond acceptors (Lipinski definition) is 6. The van der Waals surface area contributed by atoms with Gasteiger partial charge in [-0.15, -0.1) is 13.2 Å². The maximum absolute atomic E-state index is 13.6. The summed E-state index contributed by atoms with van der Waals surface area (Å²) >= 11 is 0. The van der Waals surface area contributed by atoms with Crippen LogP contribution in [0.4, 0.5) is 4.79 Å². The Morgan fingerprint density at radius 2 is 1.59 bits per heavy atom. The molecular formula is C29H48N4O6. The normalized spacial score (nSPS) is 18.6. The molecule has 0 aromatic carbocycles. The highest BCUT2D eigenvalue weighted by molar-refractivity contribution is 6.38. The van der Waals surface area contributed by atoms with E-state index in [1.54, 1.807) is 20.8 Å².